The van der Waals surface area contributed by atoms with E-state index in [1.54, 1.807) is 36.4 Å². The summed E-state index contributed by atoms with van der Waals surface area (Å²) < 4.78 is 67.9. The monoisotopic (exact) mass is 462 g/mol. The number of amides is 1. The van der Waals surface area contributed by atoms with Crippen LogP contribution >= 0.6 is 0 Å². The predicted octanol–water partition coefficient (Wildman–Crippen LogP) is 4.94. The van der Waals surface area contributed by atoms with Crippen LogP contribution in [-0.4, -0.2) is 20.9 Å². The number of nitrogens with zero attached hydrogens (tertiary/aromatic N) is 1. The second-order valence-electron chi connectivity index (χ2n) is 7.25. The van der Waals surface area contributed by atoms with Gasteiger partial charge in [0.1, 0.15) is 0 Å². The predicted molar refractivity (Wildman–Crippen MR) is 116 cm³/mol. The number of halogens is 3. The van der Waals surface area contributed by atoms with Crippen LogP contribution in [0.15, 0.2) is 65.6 Å². The number of benzene rings is 3. The van der Waals surface area contributed by atoms with Gasteiger partial charge in [-0.25, -0.2) is 21.6 Å². The fourth-order valence-electron chi connectivity index (χ4n) is 2.97. The molecule has 168 valence electrons. The fourth-order valence-corrected chi connectivity index (χ4v) is 4.44. The van der Waals surface area contributed by atoms with Gasteiger partial charge in [-0.05, 0) is 50.2 Å². The van der Waals surface area contributed by atoms with E-state index in [0.29, 0.717) is 11.8 Å². The van der Waals surface area contributed by atoms with Crippen molar-refractivity contribution in [3.8, 4) is 0 Å². The van der Waals surface area contributed by atoms with Crippen LogP contribution in [0.1, 0.15) is 17.5 Å². The van der Waals surface area contributed by atoms with Crippen molar-refractivity contribution in [2.45, 2.75) is 25.2 Å². The van der Waals surface area contributed by atoms with Gasteiger partial charge < -0.3 is 5.32 Å². The van der Waals surface area contributed by atoms with Gasteiger partial charge in [-0.2, -0.15) is 0 Å². The summed E-state index contributed by atoms with van der Waals surface area (Å²) in [6.45, 7) is 3.43. The molecule has 0 aliphatic heterocycles. The SMILES string of the molecule is Cc1ccc(N(CCC(=O)Nc2ccc(F)c(F)c2F)S(=O)(=O)c2ccc(C)cc2)cc1. The topological polar surface area (TPSA) is 66.5 Å². The number of hydrogen-bond donors (Lipinski definition) is 1. The zero-order chi connectivity index (χ0) is 23.5. The molecular formula is C23H21F3N2O3S. The molecule has 0 heterocycles. The Morgan fingerprint density at radius 3 is 2.00 bits per heavy atom. The van der Waals surface area contributed by atoms with Gasteiger partial charge in [0, 0.05) is 13.0 Å². The number of carbonyl (C=O) groups is 1. The molecule has 0 aliphatic carbocycles. The smallest absolute Gasteiger partial charge is 0.264 e. The summed E-state index contributed by atoms with van der Waals surface area (Å²) in [5.41, 5.74) is 1.63. The van der Waals surface area contributed by atoms with E-state index in [4.69, 9.17) is 0 Å². The maximum Gasteiger partial charge on any atom is 0.264 e. The molecule has 1 amide bonds. The third-order valence-corrected chi connectivity index (χ3v) is 6.62. The first-order valence-corrected chi connectivity index (χ1v) is 11.1. The summed E-state index contributed by atoms with van der Waals surface area (Å²) >= 11 is 0. The minimum absolute atomic E-state index is 0.0516. The van der Waals surface area contributed by atoms with Crippen LogP contribution < -0.4 is 9.62 Å². The van der Waals surface area contributed by atoms with Crippen molar-refractivity contribution in [3.05, 3.63) is 89.2 Å². The minimum Gasteiger partial charge on any atom is -0.323 e. The summed E-state index contributed by atoms with van der Waals surface area (Å²) in [5.74, 6) is -5.37. The normalized spacial score (nSPS) is 11.3. The average molecular weight is 462 g/mol. The quantitative estimate of drug-likeness (QED) is 0.506. The molecule has 3 aromatic carbocycles. The van der Waals surface area contributed by atoms with Crippen LogP contribution in [-0.2, 0) is 14.8 Å². The number of hydrogen-bond acceptors (Lipinski definition) is 3. The molecule has 0 unspecified atom stereocenters. The van der Waals surface area contributed by atoms with Crippen LogP contribution in [0.4, 0.5) is 24.5 Å². The Morgan fingerprint density at radius 2 is 1.41 bits per heavy atom. The third kappa shape index (κ3) is 5.11. The molecule has 0 atom stereocenters. The van der Waals surface area contributed by atoms with Crippen molar-refractivity contribution in [2.24, 2.45) is 0 Å². The van der Waals surface area contributed by atoms with Gasteiger partial charge in [0.25, 0.3) is 10.0 Å². The molecule has 9 heteroatoms. The van der Waals surface area contributed by atoms with Crippen molar-refractivity contribution < 1.29 is 26.4 Å². The zero-order valence-corrected chi connectivity index (χ0v) is 18.2. The summed E-state index contributed by atoms with van der Waals surface area (Å²) in [4.78, 5) is 12.4. The molecule has 5 nitrogen and oxygen atoms in total. The molecule has 0 saturated heterocycles. The van der Waals surface area contributed by atoms with Crippen molar-refractivity contribution in [1.82, 2.24) is 0 Å². The van der Waals surface area contributed by atoms with Gasteiger partial charge in [-0.3, -0.25) is 9.10 Å². The largest absolute Gasteiger partial charge is 0.323 e. The average Bonchev–Trinajstić information content (AvgIpc) is 2.76. The number of carbonyl (C=O) groups excluding carboxylic acids is 1. The van der Waals surface area contributed by atoms with E-state index < -0.39 is 39.1 Å². The Morgan fingerprint density at radius 1 is 0.844 bits per heavy atom. The molecular weight excluding hydrogens is 441 g/mol. The Kier molecular flexibility index (Phi) is 6.88. The lowest BCUT2D eigenvalue weighted by Crippen LogP contribution is -2.34. The number of sulfonamides is 1. The lowest BCUT2D eigenvalue weighted by atomic mass is 10.2. The van der Waals surface area contributed by atoms with Crippen LogP contribution in [0, 0.1) is 31.3 Å². The first-order chi connectivity index (χ1) is 15.1. The van der Waals surface area contributed by atoms with E-state index in [1.165, 1.54) is 12.1 Å². The molecule has 0 spiro atoms. The van der Waals surface area contributed by atoms with Crippen molar-refractivity contribution in [3.63, 3.8) is 0 Å². The molecule has 0 aliphatic rings. The van der Waals surface area contributed by atoms with Gasteiger partial charge in [0.2, 0.25) is 5.91 Å². The minimum atomic E-state index is -4.00. The molecule has 0 fully saturated rings. The van der Waals surface area contributed by atoms with Crippen molar-refractivity contribution >= 4 is 27.3 Å². The van der Waals surface area contributed by atoms with Gasteiger partial charge in [-0.15, -0.1) is 0 Å². The van der Waals surface area contributed by atoms with E-state index in [9.17, 15) is 26.4 Å². The fraction of sp³-hybridized carbons (Fsp3) is 0.174. The first-order valence-electron chi connectivity index (χ1n) is 9.69. The number of rotatable bonds is 7. The highest BCUT2D eigenvalue weighted by atomic mass is 32.2. The van der Waals surface area contributed by atoms with Crippen LogP contribution in [0.25, 0.3) is 0 Å². The number of aryl methyl sites for hydroxylation is 2. The second-order valence-corrected chi connectivity index (χ2v) is 9.11. The van der Waals surface area contributed by atoms with Crippen LogP contribution in [0.2, 0.25) is 0 Å². The molecule has 32 heavy (non-hydrogen) atoms. The molecule has 0 radical (unpaired) electrons. The van der Waals surface area contributed by atoms with E-state index in [0.717, 1.165) is 21.5 Å². The lowest BCUT2D eigenvalue weighted by Gasteiger charge is -2.24. The van der Waals surface area contributed by atoms with E-state index >= 15 is 0 Å². The number of nitrogens with one attached hydrogen (secondary N) is 1. The summed E-state index contributed by atoms with van der Waals surface area (Å²) in [7, 11) is -4.00. The zero-order valence-electron chi connectivity index (χ0n) is 17.4. The molecule has 1 N–H and O–H groups in total. The van der Waals surface area contributed by atoms with E-state index in [1.807, 2.05) is 13.8 Å². The highest BCUT2D eigenvalue weighted by Gasteiger charge is 2.26. The summed E-state index contributed by atoms with van der Waals surface area (Å²) in [6.07, 6.45) is -0.350. The standard InChI is InChI=1S/C23H21F3N2O3S/c1-15-3-7-17(8-4-15)28(32(30,31)18-9-5-16(2)6-10-18)14-13-21(29)27-20-12-11-19(24)22(25)23(20)26/h3-12H,13-14H2,1-2H3,(H,27,29). The van der Waals surface area contributed by atoms with E-state index in [2.05, 4.69) is 5.32 Å². The van der Waals surface area contributed by atoms with Gasteiger partial charge in [0.15, 0.2) is 17.5 Å². The maximum atomic E-state index is 13.8. The lowest BCUT2D eigenvalue weighted by molar-refractivity contribution is -0.116. The van der Waals surface area contributed by atoms with Crippen LogP contribution in [0.5, 0.6) is 0 Å². The summed E-state index contributed by atoms with van der Waals surface area (Å²) in [5, 5.41) is 2.15. The number of anilines is 2. The Balaban J connectivity index is 1.85. The second kappa shape index (κ2) is 9.44. The maximum absolute atomic E-state index is 13.8. The van der Waals surface area contributed by atoms with Crippen molar-refractivity contribution in [1.29, 1.82) is 0 Å². The van der Waals surface area contributed by atoms with Gasteiger partial charge in [-0.1, -0.05) is 35.4 Å². The Bertz CT molecular complexity index is 1230. The van der Waals surface area contributed by atoms with Gasteiger partial charge in [0.05, 0.1) is 16.3 Å². The van der Waals surface area contributed by atoms with Crippen LogP contribution in [0.3, 0.4) is 0 Å². The first kappa shape index (κ1) is 23.3. The highest BCUT2D eigenvalue weighted by Crippen LogP contribution is 2.25. The molecule has 0 saturated carbocycles. The Hall–Kier alpha value is -3.33. The molecule has 0 bridgehead atoms. The highest BCUT2D eigenvalue weighted by molar-refractivity contribution is 7.92. The van der Waals surface area contributed by atoms with Gasteiger partial charge >= 0.3 is 0 Å². The summed E-state index contributed by atoms with van der Waals surface area (Å²) in [6, 6.07) is 14.6. The van der Waals surface area contributed by atoms with E-state index in [-0.39, 0.29) is 17.9 Å². The third-order valence-electron chi connectivity index (χ3n) is 4.78. The Labute approximate surface area is 184 Å². The van der Waals surface area contributed by atoms with Crippen molar-refractivity contribution in [2.75, 3.05) is 16.2 Å². The molecule has 0 aromatic heterocycles. The molecule has 3 aromatic rings. The molecule has 3 rings (SSSR count).